The fourth-order valence-corrected chi connectivity index (χ4v) is 2.17. The molecule has 0 bridgehead atoms. The van der Waals surface area contributed by atoms with Crippen molar-refractivity contribution in [2.24, 2.45) is 5.16 Å². The SMILES string of the molecule is C=CC(=O)N1CCC2(CC1)CC(C(=O)O)=NO2. The van der Waals surface area contributed by atoms with Gasteiger partial charge in [0.25, 0.3) is 0 Å². The van der Waals surface area contributed by atoms with E-state index >= 15 is 0 Å². The van der Waals surface area contributed by atoms with Gasteiger partial charge in [-0.05, 0) is 6.08 Å². The Morgan fingerprint density at radius 3 is 2.59 bits per heavy atom. The maximum atomic E-state index is 11.4. The molecule has 0 aromatic heterocycles. The number of piperidine rings is 1. The minimum absolute atomic E-state index is 0.0634. The number of rotatable bonds is 2. The predicted molar refractivity (Wildman–Crippen MR) is 59.5 cm³/mol. The summed E-state index contributed by atoms with van der Waals surface area (Å²) in [6.07, 6.45) is 2.81. The normalized spacial score (nSPS) is 21.9. The first-order valence-electron chi connectivity index (χ1n) is 5.46. The van der Waals surface area contributed by atoms with Crippen LogP contribution in [0.2, 0.25) is 0 Å². The highest BCUT2D eigenvalue weighted by atomic mass is 16.7. The Morgan fingerprint density at radius 1 is 1.47 bits per heavy atom. The van der Waals surface area contributed by atoms with E-state index in [4.69, 9.17) is 9.94 Å². The smallest absolute Gasteiger partial charge is 0.353 e. The molecule has 2 heterocycles. The number of oxime groups is 1. The molecule has 0 aliphatic carbocycles. The third-order valence-corrected chi connectivity index (χ3v) is 3.25. The molecule has 2 aliphatic heterocycles. The lowest BCUT2D eigenvalue weighted by atomic mass is 9.87. The second kappa shape index (κ2) is 4.20. The van der Waals surface area contributed by atoms with Crippen molar-refractivity contribution < 1.29 is 19.5 Å². The molecule has 17 heavy (non-hydrogen) atoms. The third kappa shape index (κ3) is 2.15. The zero-order chi connectivity index (χ0) is 12.5. The summed E-state index contributed by atoms with van der Waals surface area (Å²) in [6, 6.07) is 0. The van der Waals surface area contributed by atoms with Crippen molar-refractivity contribution in [1.29, 1.82) is 0 Å². The molecule has 1 amide bonds. The molecule has 0 saturated carbocycles. The Morgan fingerprint density at radius 2 is 2.12 bits per heavy atom. The van der Waals surface area contributed by atoms with Crippen molar-refractivity contribution in [3.63, 3.8) is 0 Å². The van der Waals surface area contributed by atoms with E-state index in [2.05, 4.69) is 11.7 Å². The fraction of sp³-hybridized carbons (Fsp3) is 0.545. The predicted octanol–water partition coefficient (Wildman–Crippen LogP) is 0.394. The first kappa shape index (κ1) is 11.6. The van der Waals surface area contributed by atoms with Gasteiger partial charge in [0.1, 0.15) is 5.60 Å². The second-order valence-corrected chi connectivity index (χ2v) is 4.32. The summed E-state index contributed by atoms with van der Waals surface area (Å²) in [6.45, 7) is 4.54. The largest absolute Gasteiger partial charge is 0.477 e. The number of carbonyl (C=O) groups is 2. The number of aliphatic carboxylic acids is 1. The number of hydrogen-bond donors (Lipinski definition) is 1. The molecular formula is C11H14N2O4. The summed E-state index contributed by atoms with van der Waals surface area (Å²) in [7, 11) is 0. The molecule has 0 atom stereocenters. The van der Waals surface area contributed by atoms with Crippen molar-refractivity contribution in [3.8, 4) is 0 Å². The summed E-state index contributed by atoms with van der Waals surface area (Å²) in [5, 5.41) is 12.4. The standard InChI is InChI=1S/C11H14N2O4/c1-2-9(14)13-5-3-11(4-6-13)7-8(10(15)16)12-17-11/h2H,1,3-7H2,(H,15,16). The van der Waals surface area contributed by atoms with E-state index in [9.17, 15) is 9.59 Å². The first-order chi connectivity index (χ1) is 8.06. The molecule has 0 radical (unpaired) electrons. The quantitative estimate of drug-likeness (QED) is 0.706. The van der Waals surface area contributed by atoms with Gasteiger partial charge in [-0.2, -0.15) is 0 Å². The van der Waals surface area contributed by atoms with Crippen LogP contribution in [0.5, 0.6) is 0 Å². The maximum Gasteiger partial charge on any atom is 0.353 e. The summed E-state index contributed by atoms with van der Waals surface area (Å²) < 4.78 is 0. The zero-order valence-corrected chi connectivity index (χ0v) is 9.39. The van der Waals surface area contributed by atoms with Gasteiger partial charge in [0.15, 0.2) is 5.71 Å². The Hall–Kier alpha value is -1.85. The van der Waals surface area contributed by atoms with Gasteiger partial charge < -0.3 is 14.8 Å². The summed E-state index contributed by atoms with van der Waals surface area (Å²) in [5.74, 6) is -1.14. The van der Waals surface area contributed by atoms with Crippen LogP contribution in [0.15, 0.2) is 17.8 Å². The maximum absolute atomic E-state index is 11.4. The van der Waals surface area contributed by atoms with Crippen molar-refractivity contribution in [3.05, 3.63) is 12.7 Å². The number of hydrogen-bond acceptors (Lipinski definition) is 4. The molecule has 2 rings (SSSR count). The van der Waals surface area contributed by atoms with Crippen molar-refractivity contribution in [2.75, 3.05) is 13.1 Å². The van der Waals surface area contributed by atoms with E-state index < -0.39 is 11.6 Å². The molecular weight excluding hydrogens is 224 g/mol. The van der Waals surface area contributed by atoms with Crippen LogP contribution < -0.4 is 0 Å². The minimum Gasteiger partial charge on any atom is -0.477 e. The van der Waals surface area contributed by atoms with E-state index in [-0.39, 0.29) is 11.6 Å². The van der Waals surface area contributed by atoms with Gasteiger partial charge in [0.05, 0.1) is 0 Å². The van der Waals surface area contributed by atoms with Crippen LogP contribution in [0.1, 0.15) is 19.3 Å². The number of likely N-dealkylation sites (tertiary alicyclic amines) is 1. The zero-order valence-electron chi connectivity index (χ0n) is 9.39. The summed E-state index contributed by atoms with van der Waals surface area (Å²) >= 11 is 0. The van der Waals surface area contributed by atoms with E-state index in [0.29, 0.717) is 32.4 Å². The van der Waals surface area contributed by atoms with Gasteiger partial charge in [-0.1, -0.05) is 11.7 Å². The molecule has 6 nitrogen and oxygen atoms in total. The fourth-order valence-electron chi connectivity index (χ4n) is 2.17. The minimum atomic E-state index is -1.04. The monoisotopic (exact) mass is 238 g/mol. The molecule has 1 saturated heterocycles. The van der Waals surface area contributed by atoms with Gasteiger partial charge in [-0.15, -0.1) is 0 Å². The van der Waals surface area contributed by atoms with Gasteiger partial charge >= 0.3 is 5.97 Å². The van der Waals surface area contributed by atoms with Crippen LogP contribution in [0.3, 0.4) is 0 Å². The Kier molecular flexibility index (Phi) is 2.87. The summed E-state index contributed by atoms with van der Waals surface area (Å²) in [5.41, 5.74) is -0.459. The van der Waals surface area contributed by atoms with Crippen molar-refractivity contribution in [1.82, 2.24) is 4.90 Å². The highest BCUT2D eigenvalue weighted by Gasteiger charge is 2.44. The molecule has 92 valence electrons. The third-order valence-electron chi connectivity index (χ3n) is 3.25. The second-order valence-electron chi connectivity index (χ2n) is 4.32. The van der Waals surface area contributed by atoms with Gasteiger partial charge in [-0.25, -0.2) is 4.79 Å². The van der Waals surface area contributed by atoms with Crippen LogP contribution >= 0.6 is 0 Å². The Labute approximate surface area is 98.5 Å². The lowest BCUT2D eigenvalue weighted by Crippen LogP contribution is -2.46. The van der Waals surface area contributed by atoms with Crippen LogP contribution in [-0.4, -0.2) is 46.3 Å². The van der Waals surface area contributed by atoms with E-state index in [0.717, 1.165) is 0 Å². The number of nitrogens with zero attached hydrogens (tertiary/aromatic N) is 2. The average Bonchev–Trinajstić information content (AvgIpc) is 2.74. The summed E-state index contributed by atoms with van der Waals surface area (Å²) in [4.78, 5) is 29.1. The molecule has 1 N–H and O–H groups in total. The highest BCUT2D eigenvalue weighted by Crippen LogP contribution is 2.34. The molecule has 0 aromatic rings. The van der Waals surface area contributed by atoms with Crippen LogP contribution in [0.4, 0.5) is 0 Å². The molecule has 6 heteroatoms. The van der Waals surface area contributed by atoms with Crippen LogP contribution in [0.25, 0.3) is 0 Å². The van der Waals surface area contributed by atoms with Gasteiger partial charge in [0.2, 0.25) is 5.91 Å². The lowest BCUT2D eigenvalue weighted by Gasteiger charge is -2.36. The van der Waals surface area contributed by atoms with Gasteiger partial charge in [0, 0.05) is 32.4 Å². The molecule has 1 spiro atoms. The molecule has 2 aliphatic rings. The first-order valence-corrected chi connectivity index (χ1v) is 5.46. The van der Waals surface area contributed by atoms with Crippen LogP contribution in [-0.2, 0) is 14.4 Å². The number of carboxylic acid groups (broad SMARTS) is 1. The van der Waals surface area contributed by atoms with E-state index in [1.54, 1.807) is 4.90 Å². The number of carbonyl (C=O) groups excluding carboxylic acids is 1. The van der Waals surface area contributed by atoms with Crippen molar-refractivity contribution >= 4 is 17.6 Å². The topological polar surface area (TPSA) is 79.2 Å². The highest BCUT2D eigenvalue weighted by molar-refractivity contribution is 6.36. The Bertz CT molecular complexity index is 394. The average molecular weight is 238 g/mol. The van der Waals surface area contributed by atoms with E-state index in [1.165, 1.54) is 6.08 Å². The molecule has 1 fully saturated rings. The number of amides is 1. The molecule has 0 unspecified atom stereocenters. The molecule has 0 aromatic carbocycles. The van der Waals surface area contributed by atoms with E-state index in [1.807, 2.05) is 0 Å². The lowest BCUT2D eigenvalue weighted by molar-refractivity contribution is -0.132. The Balaban J connectivity index is 1.94. The van der Waals surface area contributed by atoms with Crippen LogP contribution in [0, 0.1) is 0 Å². The van der Waals surface area contributed by atoms with Gasteiger partial charge in [-0.3, -0.25) is 4.79 Å². The van der Waals surface area contributed by atoms with Crippen molar-refractivity contribution in [2.45, 2.75) is 24.9 Å². The number of carboxylic acids is 1.